The van der Waals surface area contributed by atoms with Crippen LogP contribution in [0.3, 0.4) is 0 Å². The molecule has 1 unspecified atom stereocenters. The standard InChI is InChI=1S/C15H27N3O2S/c1-12-6-10-21-14(12)11-18(8-7-17(3)4)15(20)16-13(2)5-9-19/h6,10,13,19H,5,7-9,11H2,1-4H3,(H,16,20). The van der Waals surface area contributed by atoms with Crippen molar-refractivity contribution in [1.82, 2.24) is 15.1 Å². The molecule has 5 nitrogen and oxygen atoms in total. The maximum atomic E-state index is 12.4. The Balaban J connectivity index is 2.67. The smallest absolute Gasteiger partial charge is 0.317 e. The third-order valence-electron chi connectivity index (χ3n) is 3.34. The maximum Gasteiger partial charge on any atom is 0.317 e. The van der Waals surface area contributed by atoms with E-state index in [-0.39, 0.29) is 18.7 Å². The van der Waals surface area contributed by atoms with Gasteiger partial charge in [0.25, 0.3) is 0 Å². The minimum atomic E-state index is -0.0643. The molecule has 0 aliphatic carbocycles. The molecule has 0 spiro atoms. The molecule has 0 bridgehead atoms. The Morgan fingerprint density at radius 2 is 2.14 bits per heavy atom. The molecule has 2 amide bonds. The first-order chi connectivity index (χ1) is 9.93. The van der Waals surface area contributed by atoms with Gasteiger partial charge in [-0.25, -0.2) is 4.79 Å². The van der Waals surface area contributed by atoms with Crippen molar-refractivity contribution in [1.29, 1.82) is 0 Å². The van der Waals surface area contributed by atoms with Crippen molar-refractivity contribution in [3.8, 4) is 0 Å². The summed E-state index contributed by atoms with van der Waals surface area (Å²) in [7, 11) is 4.00. The van der Waals surface area contributed by atoms with E-state index in [4.69, 9.17) is 5.11 Å². The molecule has 21 heavy (non-hydrogen) atoms. The molecule has 0 radical (unpaired) electrons. The quantitative estimate of drug-likeness (QED) is 0.771. The molecule has 6 heteroatoms. The second-order valence-corrected chi connectivity index (χ2v) is 6.62. The fraction of sp³-hybridized carbons (Fsp3) is 0.667. The molecule has 0 fully saturated rings. The second kappa shape index (κ2) is 9.02. The summed E-state index contributed by atoms with van der Waals surface area (Å²) in [6, 6.07) is 2.00. The predicted octanol–water partition coefficient (Wildman–Crippen LogP) is 1.90. The van der Waals surface area contributed by atoms with Crippen molar-refractivity contribution in [3.63, 3.8) is 0 Å². The van der Waals surface area contributed by atoms with Gasteiger partial charge in [-0.1, -0.05) is 0 Å². The normalized spacial score (nSPS) is 12.5. The number of likely N-dealkylation sites (N-methyl/N-ethyl adjacent to an activating group) is 1. The lowest BCUT2D eigenvalue weighted by atomic mass is 10.2. The summed E-state index contributed by atoms with van der Waals surface area (Å²) in [5.41, 5.74) is 1.23. The van der Waals surface area contributed by atoms with Crippen LogP contribution in [0.25, 0.3) is 0 Å². The van der Waals surface area contributed by atoms with Crippen molar-refractivity contribution in [2.75, 3.05) is 33.8 Å². The highest BCUT2D eigenvalue weighted by Gasteiger charge is 2.17. The summed E-state index contributed by atoms with van der Waals surface area (Å²) in [4.78, 5) is 17.5. The maximum absolute atomic E-state index is 12.4. The van der Waals surface area contributed by atoms with E-state index >= 15 is 0 Å². The van der Waals surface area contributed by atoms with Crippen molar-refractivity contribution in [2.45, 2.75) is 32.9 Å². The fourth-order valence-electron chi connectivity index (χ4n) is 1.88. The SMILES string of the molecule is Cc1ccsc1CN(CCN(C)C)C(=O)NC(C)CCO. The molecule has 0 saturated carbocycles. The second-order valence-electron chi connectivity index (χ2n) is 5.61. The monoisotopic (exact) mass is 313 g/mol. The Labute approximate surface area is 131 Å². The number of aryl methyl sites for hydroxylation is 1. The van der Waals surface area contributed by atoms with Gasteiger partial charge in [0.1, 0.15) is 0 Å². The number of rotatable bonds is 8. The molecule has 1 rings (SSSR count). The van der Waals surface area contributed by atoms with Crippen LogP contribution in [0, 0.1) is 6.92 Å². The van der Waals surface area contributed by atoms with Gasteiger partial charge >= 0.3 is 6.03 Å². The van der Waals surface area contributed by atoms with Gasteiger partial charge in [0.2, 0.25) is 0 Å². The van der Waals surface area contributed by atoms with Gasteiger partial charge in [0, 0.05) is 30.6 Å². The molecule has 120 valence electrons. The molecule has 1 atom stereocenters. The zero-order valence-corrected chi connectivity index (χ0v) is 14.2. The van der Waals surface area contributed by atoms with Crippen LogP contribution >= 0.6 is 11.3 Å². The highest BCUT2D eigenvalue weighted by molar-refractivity contribution is 7.10. The number of thiophene rings is 1. The number of urea groups is 1. The molecule has 1 heterocycles. The van der Waals surface area contributed by atoms with E-state index in [1.54, 1.807) is 11.3 Å². The van der Waals surface area contributed by atoms with Crippen molar-refractivity contribution in [2.24, 2.45) is 0 Å². The molecular formula is C15H27N3O2S. The van der Waals surface area contributed by atoms with Gasteiger partial charge < -0.3 is 20.2 Å². The first-order valence-corrected chi connectivity index (χ1v) is 8.16. The topological polar surface area (TPSA) is 55.8 Å². The number of aliphatic hydroxyl groups is 1. The Morgan fingerprint density at radius 3 is 2.67 bits per heavy atom. The number of hydrogen-bond donors (Lipinski definition) is 2. The van der Waals surface area contributed by atoms with Gasteiger partial charge in [0.15, 0.2) is 0 Å². The molecule has 0 saturated heterocycles. The molecule has 0 aliphatic rings. The fourth-order valence-corrected chi connectivity index (χ4v) is 2.80. The van der Waals surface area contributed by atoms with Crippen LogP contribution in [0.2, 0.25) is 0 Å². The van der Waals surface area contributed by atoms with Crippen LogP contribution in [-0.2, 0) is 6.54 Å². The average Bonchev–Trinajstić information content (AvgIpc) is 2.79. The Kier molecular flexibility index (Phi) is 7.71. The number of carbonyl (C=O) groups is 1. The minimum Gasteiger partial charge on any atom is -0.396 e. The van der Waals surface area contributed by atoms with Gasteiger partial charge in [-0.05, 0) is 51.4 Å². The van der Waals surface area contributed by atoms with E-state index in [0.29, 0.717) is 19.5 Å². The van der Waals surface area contributed by atoms with E-state index in [2.05, 4.69) is 28.6 Å². The Bertz CT molecular complexity index is 434. The molecule has 1 aromatic heterocycles. The number of nitrogens with zero attached hydrogens (tertiary/aromatic N) is 2. The highest BCUT2D eigenvalue weighted by atomic mass is 32.1. The molecule has 0 aliphatic heterocycles. The van der Waals surface area contributed by atoms with Crippen LogP contribution in [0.15, 0.2) is 11.4 Å². The summed E-state index contributed by atoms with van der Waals surface area (Å²) in [5.74, 6) is 0. The largest absolute Gasteiger partial charge is 0.396 e. The van der Waals surface area contributed by atoms with Crippen LogP contribution in [0.5, 0.6) is 0 Å². The van der Waals surface area contributed by atoms with Gasteiger partial charge in [-0.3, -0.25) is 0 Å². The van der Waals surface area contributed by atoms with Crippen LogP contribution in [0.4, 0.5) is 4.79 Å². The number of aliphatic hydroxyl groups excluding tert-OH is 1. The number of nitrogens with one attached hydrogen (secondary N) is 1. The predicted molar refractivity (Wildman–Crippen MR) is 87.7 cm³/mol. The molecule has 0 aromatic carbocycles. The minimum absolute atomic E-state index is 0.0196. The van der Waals surface area contributed by atoms with Crippen LogP contribution < -0.4 is 5.32 Å². The van der Waals surface area contributed by atoms with Crippen molar-refractivity contribution < 1.29 is 9.90 Å². The Hall–Kier alpha value is -1.11. The number of amides is 2. The van der Waals surface area contributed by atoms with Crippen molar-refractivity contribution >= 4 is 17.4 Å². The van der Waals surface area contributed by atoms with Crippen molar-refractivity contribution in [3.05, 3.63) is 21.9 Å². The molecule has 2 N–H and O–H groups in total. The lowest BCUT2D eigenvalue weighted by Crippen LogP contribution is -2.45. The zero-order valence-electron chi connectivity index (χ0n) is 13.4. The van der Waals surface area contributed by atoms with Gasteiger partial charge in [-0.15, -0.1) is 11.3 Å². The van der Waals surface area contributed by atoms with E-state index in [0.717, 1.165) is 6.54 Å². The van der Waals surface area contributed by atoms with Gasteiger partial charge in [0.05, 0.1) is 6.54 Å². The van der Waals surface area contributed by atoms with Crippen LogP contribution in [-0.4, -0.2) is 60.8 Å². The zero-order chi connectivity index (χ0) is 15.8. The average molecular weight is 313 g/mol. The molecular weight excluding hydrogens is 286 g/mol. The third kappa shape index (κ3) is 6.46. The van der Waals surface area contributed by atoms with E-state index in [9.17, 15) is 4.79 Å². The number of carbonyl (C=O) groups excluding carboxylic acids is 1. The summed E-state index contributed by atoms with van der Waals surface area (Å²) in [6.45, 7) is 6.21. The first-order valence-electron chi connectivity index (χ1n) is 7.28. The highest BCUT2D eigenvalue weighted by Crippen LogP contribution is 2.18. The third-order valence-corrected chi connectivity index (χ3v) is 4.35. The lowest BCUT2D eigenvalue weighted by molar-refractivity contribution is 0.183. The van der Waals surface area contributed by atoms with E-state index < -0.39 is 0 Å². The Morgan fingerprint density at radius 1 is 1.43 bits per heavy atom. The number of hydrogen-bond acceptors (Lipinski definition) is 4. The van der Waals surface area contributed by atoms with Crippen LogP contribution in [0.1, 0.15) is 23.8 Å². The molecule has 1 aromatic rings. The first kappa shape index (κ1) is 17.9. The summed E-state index contributed by atoms with van der Waals surface area (Å²) >= 11 is 1.68. The van der Waals surface area contributed by atoms with E-state index in [1.165, 1.54) is 10.4 Å². The summed E-state index contributed by atoms with van der Waals surface area (Å²) in [5, 5.41) is 13.9. The summed E-state index contributed by atoms with van der Waals surface area (Å²) < 4.78 is 0. The summed E-state index contributed by atoms with van der Waals surface area (Å²) in [6.07, 6.45) is 0.575. The lowest BCUT2D eigenvalue weighted by Gasteiger charge is -2.26. The van der Waals surface area contributed by atoms with E-state index in [1.807, 2.05) is 25.9 Å². The van der Waals surface area contributed by atoms with Gasteiger partial charge in [-0.2, -0.15) is 0 Å².